The van der Waals surface area contributed by atoms with Crippen molar-refractivity contribution in [1.82, 2.24) is 9.62 Å². The van der Waals surface area contributed by atoms with Crippen LogP contribution in [-0.2, 0) is 21.2 Å². The first kappa shape index (κ1) is 21.1. The average Bonchev–Trinajstić information content (AvgIpc) is 2.68. The summed E-state index contributed by atoms with van der Waals surface area (Å²) in [4.78, 5) is 24.2. The number of sulfonamides is 1. The smallest absolute Gasteiger partial charge is 0.251 e. The minimum absolute atomic E-state index is 0.00735. The molecule has 0 spiro atoms. The number of nitrogens with zero attached hydrogens (tertiary/aromatic N) is 2. The van der Waals surface area contributed by atoms with Crippen molar-refractivity contribution in [3.8, 4) is 6.07 Å². The van der Waals surface area contributed by atoms with Gasteiger partial charge in [-0.2, -0.15) is 5.26 Å². The summed E-state index contributed by atoms with van der Waals surface area (Å²) in [5, 5.41) is 13.7. The van der Waals surface area contributed by atoms with E-state index < -0.39 is 21.8 Å². The highest BCUT2D eigenvalue weighted by molar-refractivity contribution is 7.89. The molecule has 2 rings (SSSR count). The number of hydrogen-bond acceptors (Lipinski definition) is 5. The van der Waals surface area contributed by atoms with Crippen molar-refractivity contribution in [1.29, 1.82) is 5.26 Å². The van der Waals surface area contributed by atoms with Gasteiger partial charge in [-0.3, -0.25) is 9.59 Å². The van der Waals surface area contributed by atoms with Crippen LogP contribution < -0.4 is 10.6 Å². The van der Waals surface area contributed by atoms with Gasteiger partial charge >= 0.3 is 0 Å². The Labute approximate surface area is 163 Å². The van der Waals surface area contributed by atoms with Gasteiger partial charge in [-0.15, -0.1) is 0 Å². The summed E-state index contributed by atoms with van der Waals surface area (Å²) >= 11 is 0. The maximum absolute atomic E-state index is 12.2. The molecule has 28 heavy (non-hydrogen) atoms. The third-order valence-electron chi connectivity index (χ3n) is 3.81. The first-order valence-corrected chi connectivity index (χ1v) is 9.74. The average molecular weight is 400 g/mol. The van der Waals surface area contributed by atoms with Crippen molar-refractivity contribution in [2.24, 2.45) is 0 Å². The first-order valence-electron chi connectivity index (χ1n) is 8.30. The monoisotopic (exact) mass is 400 g/mol. The number of carbonyl (C=O) groups is 2. The molecule has 0 aliphatic carbocycles. The number of benzene rings is 2. The van der Waals surface area contributed by atoms with E-state index in [1.165, 1.54) is 38.4 Å². The zero-order valence-electron chi connectivity index (χ0n) is 15.5. The lowest BCUT2D eigenvalue weighted by Gasteiger charge is -2.12. The minimum atomic E-state index is -3.66. The lowest BCUT2D eigenvalue weighted by atomic mass is 10.1. The predicted octanol–water partition coefficient (Wildman–Crippen LogP) is 1.37. The number of nitriles is 1. The molecule has 0 aliphatic rings. The Balaban J connectivity index is 1.96. The molecule has 146 valence electrons. The van der Waals surface area contributed by atoms with Crippen molar-refractivity contribution in [2.75, 3.05) is 26.0 Å². The summed E-state index contributed by atoms with van der Waals surface area (Å²) in [6.07, 6.45) is 0.285. The molecule has 0 unspecified atom stereocenters. The molecule has 0 fully saturated rings. The van der Waals surface area contributed by atoms with Crippen molar-refractivity contribution in [3.63, 3.8) is 0 Å². The Morgan fingerprint density at radius 1 is 1.11 bits per heavy atom. The fourth-order valence-corrected chi connectivity index (χ4v) is 3.22. The fourth-order valence-electron chi connectivity index (χ4n) is 2.27. The molecular weight excluding hydrogens is 380 g/mol. The molecule has 0 radical (unpaired) electrons. The molecule has 0 heterocycles. The van der Waals surface area contributed by atoms with Crippen LogP contribution in [0.2, 0.25) is 0 Å². The summed E-state index contributed by atoms with van der Waals surface area (Å²) < 4.78 is 25.4. The second kappa shape index (κ2) is 9.12. The molecule has 0 aromatic heterocycles. The van der Waals surface area contributed by atoms with Crippen LogP contribution in [0, 0.1) is 11.3 Å². The van der Waals surface area contributed by atoms with Gasteiger partial charge in [-0.25, -0.2) is 12.7 Å². The van der Waals surface area contributed by atoms with E-state index in [0.29, 0.717) is 5.69 Å². The zero-order chi connectivity index (χ0) is 20.7. The second-order valence-corrected chi connectivity index (χ2v) is 8.23. The molecule has 0 saturated heterocycles. The lowest BCUT2D eigenvalue weighted by molar-refractivity contribution is -0.115. The Morgan fingerprint density at radius 3 is 2.39 bits per heavy atom. The molecule has 2 aromatic carbocycles. The molecule has 2 aromatic rings. The standard InChI is InChI=1S/C19H20N4O4S/c1-23(2)28(26,27)17-5-3-4-15(12-17)19(25)21-13-18(24)22-16-8-6-14(7-9-16)10-11-20/h3-9,12H,10,13H2,1-2H3,(H,21,25)(H,22,24). The Morgan fingerprint density at radius 2 is 1.79 bits per heavy atom. The molecule has 0 atom stereocenters. The highest BCUT2D eigenvalue weighted by atomic mass is 32.2. The number of carbonyl (C=O) groups excluding carboxylic acids is 2. The van der Waals surface area contributed by atoms with E-state index in [4.69, 9.17) is 5.26 Å². The SMILES string of the molecule is CN(C)S(=O)(=O)c1cccc(C(=O)NCC(=O)Nc2ccc(CC#N)cc2)c1. The van der Waals surface area contributed by atoms with Gasteiger partial charge in [0.25, 0.3) is 5.91 Å². The van der Waals surface area contributed by atoms with Gasteiger partial charge in [0.1, 0.15) is 0 Å². The van der Waals surface area contributed by atoms with Gasteiger partial charge in [0, 0.05) is 25.3 Å². The maximum Gasteiger partial charge on any atom is 0.251 e. The first-order chi connectivity index (χ1) is 13.2. The van der Waals surface area contributed by atoms with Crippen molar-refractivity contribution < 1.29 is 18.0 Å². The van der Waals surface area contributed by atoms with Crippen LogP contribution in [0.4, 0.5) is 5.69 Å². The van der Waals surface area contributed by atoms with Gasteiger partial charge < -0.3 is 10.6 Å². The van der Waals surface area contributed by atoms with Crippen LogP contribution in [0.25, 0.3) is 0 Å². The van der Waals surface area contributed by atoms with E-state index in [0.717, 1.165) is 9.87 Å². The summed E-state index contributed by atoms with van der Waals surface area (Å²) in [6.45, 7) is -0.274. The Kier molecular flexibility index (Phi) is 6.87. The highest BCUT2D eigenvalue weighted by Gasteiger charge is 2.19. The van der Waals surface area contributed by atoms with E-state index >= 15 is 0 Å². The minimum Gasteiger partial charge on any atom is -0.343 e. The molecular formula is C19H20N4O4S. The topological polar surface area (TPSA) is 119 Å². The molecule has 2 N–H and O–H groups in total. The van der Waals surface area contributed by atoms with Crippen LogP contribution >= 0.6 is 0 Å². The van der Waals surface area contributed by atoms with Gasteiger partial charge in [-0.05, 0) is 35.9 Å². The number of rotatable bonds is 7. The number of nitrogens with one attached hydrogen (secondary N) is 2. The summed E-state index contributed by atoms with van der Waals surface area (Å²) in [5.41, 5.74) is 1.51. The third-order valence-corrected chi connectivity index (χ3v) is 5.62. The van der Waals surface area contributed by atoms with E-state index in [-0.39, 0.29) is 23.4 Å². The van der Waals surface area contributed by atoms with Crippen LogP contribution in [0.1, 0.15) is 15.9 Å². The molecule has 2 amide bonds. The van der Waals surface area contributed by atoms with Crippen molar-refractivity contribution in [2.45, 2.75) is 11.3 Å². The van der Waals surface area contributed by atoms with E-state index in [1.54, 1.807) is 24.3 Å². The largest absolute Gasteiger partial charge is 0.343 e. The van der Waals surface area contributed by atoms with Crippen LogP contribution in [-0.4, -0.2) is 45.2 Å². The molecule has 0 bridgehead atoms. The quantitative estimate of drug-likeness (QED) is 0.727. The van der Waals surface area contributed by atoms with Crippen LogP contribution in [0.5, 0.6) is 0 Å². The molecule has 0 aliphatic heterocycles. The third kappa shape index (κ3) is 5.39. The summed E-state index contributed by atoms with van der Waals surface area (Å²) in [7, 11) is -0.855. The highest BCUT2D eigenvalue weighted by Crippen LogP contribution is 2.15. The number of anilines is 1. The zero-order valence-corrected chi connectivity index (χ0v) is 16.3. The Bertz CT molecular complexity index is 1010. The van der Waals surface area contributed by atoms with Crippen molar-refractivity contribution >= 4 is 27.5 Å². The fraction of sp³-hybridized carbons (Fsp3) is 0.211. The number of hydrogen-bond donors (Lipinski definition) is 2. The number of amides is 2. The Hall–Kier alpha value is -3.22. The van der Waals surface area contributed by atoms with Gasteiger partial charge in [-0.1, -0.05) is 18.2 Å². The normalized spacial score (nSPS) is 10.9. The van der Waals surface area contributed by atoms with Gasteiger partial charge in [0.15, 0.2) is 0 Å². The maximum atomic E-state index is 12.2. The second-order valence-electron chi connectivity index (χ2n) is 6.08. The van der Waals surface area contributed by atoms with Crippen LogP contribution in [0.15, 0.2) is 53.4 Å². The van der Waals surface area contributed by atoms with Gasteiger partial charge in [0.05, 0.1) is 23.9 Å². The molecule has 8 nitrogen and oxygen atoms in total. The summed E-state index contributed by atoms with van der Waals surface area (Å²) in [6, 6.07) is 14.4. The van der Waals surface area contributed by atoms with Crippen LogP contribution in [0.3, 0.4) is 0 Å². The summed E-state index contributed by atoms with van der Waals surface area (Å²) in [5.74, 6) is -0.992. The van der Waals surface area contributed by atoms with E-state index in [9.17, 15) is 18.0 Å². The van der Waals surface area contributed by atoms with Crippen molar-refractivity contribution in [3.05, 3.63) is 59.7 Å². The predicted molar refractivity (Wildman–Crippen MR) is 104 cm³/mol. The van der Waals surface area contributed by atoms with Gasteiger partial charge in [0.2, 0.25) is 15.9 Å². The molecule has 9 heteroatoms. The molecule has 0 saturated carbocycles. The van der Waals surface area contributed by atoms with E-state index in [1.807, 2.05) is 6.07 Å². The van der Waals surface area contributed by atoms with E-state index in [2.05, 4.69) is 10.6 Å². The lowest BCUT2D eigenvalue weighted by Crippen LogP contribution is -2.33.